The summed E-state index contributed by atoms with van der Waals surface area (Å²) in [5.41, 5.74) is 1.34. The van der Waals surface area contributed by atoms with Gasteiger partial charge in [-0.1, -0.05) is 6.07 Å². The van der Waals surface area contributed by atoms with Crippen molar-refractivity contribution < 1.29 is 28.5 Å². The number of methoxy groups -OCH3 is 1. The summed E-state index contributed by atoms with van der Waals surface area (Å²) < 4.78 is 35.9. The summed E-state index contributed by atoms with van der Waals surface area (Å²) in [7, 11) is -2.90. The number of hydrogen-bond acceptors (Lipinski definition) is 10. The highest BCUT2D eigenvalue weighted by Crippen LogP contribution is 2.34. The molecule has 1 saturated heterocycles. The highest BCUT2D eigenvalue weighted by Gasteiger charge is 2.26. The van der Waals surface area contributed by atoms with Gasteiger partial charge in [-0.3, -0.25) is 4.72 Å². The molecule has 13 heteroatoms. The van der Waals surface area contributed by atoms with E-state index in [0.29, 0.717) is 30.9 Å². The fourth-order valence-electron chi connectivity index (χ4n) is 3.74. The fourth-order valence-corrected chi connectivity index (χ4v) is 5.01. The predicted molar refractivity (Wildman–Crippen MR) is 118 cm³/mol. The highest BCUT2D eigenvalue weighted by molar-refractivity contribution is 7.92. The molecule has 1 aliphatic rings. The molecule has 4 rings (SSSR count). The summed E-state index contributed by atoms with van der Waals surface area (Å²) in [5.74, 6) is 0.0403. The maximum atomic E-state index is 13.4. The molecule has 0 aliphatic carbocycles. The van der Waals surface area contributed by atoms with Crippen LogP contribution in [0.25, 0.3) is 5.69 Å². The number of aliphatic hydroxyl groups is 3. The number of rotatable bonds is 7. The van der Waals surface area contributed by atoms with E-state index in [0.717, 1.165) is 12.5 Å². The molecule has 3 aromatic rings. The molecular formula is C20H24N6O6S. The van der Waals surface area contributed by atoms with Crippen molar-refractivity contribution in [2.45, 2.75) is 30.1 Å². The van der Waals surface area contributed by atoms with E-state index in [1.807, 2.05) is 4.90 Å². The smallest absolute Gasteiger partial charge is 0.265 e. The topological polar surface area (TPSA) is 163 Å². The van der Waals surface area contributed by atoms with Crippen LogP contribution in [0.1, 0.15) is 24.7 Å². The first-order chi connectivity index (χ1) is 15.8. The molecule has 4 N–H and O–H groups in total. The SMILES string of the molecule is COc1ccc(C(O)O)cc1S(=O)(=O)Nc1cc(-n2cnnn2)ccc1N1CCC[C@@H](O)C1. The zero-order valence-electron chi connectivity index (χ0n) is 17.7. The Hall–Kier alpha value is -3.26. The molecule has 0 unspecified atom stereocenters. The number of β-amino-alcohol motifs (C(OH)–C–C–N with tert-alkyl or cyclic N) is 1. The minimum atomic E-state index is -4.22. The lowest BCUT2D eigenvalue weighted by molar-refractivity contribution is -0.0426. The minimum Gasteiger partial charge on any atom is -0.495 e. The monoisotopic (exact) mass is 476 g/mol. The average molecular weight is 477 g/mol. The van der Waals surface area contributed by atoms with Crippen molar-refractivity contribution >= 4 is 21.4 Å². The number of ether oxygens (including phenoxy) is 1. The Bertz CT molecular complexity index is 1220. The zero-order valence-corrected chi connectivity index (χ0v) is 18.6. The molecule has 1 atom stereocenters. The molecule has 1 fully saturated rings. The Morgan fingerprint density at radius 3 is 2.70 bits per heavy atom. The lowest BCUT2D eigenvalue weighted by Gasteiger charge is -2.33. The Kier molecular flexibility index (Phi) is 6.47. The predicted octanol–water partition coefficient (Wildman–Crippen LogP) is 0.416. The van der Waals surface area contributed by atoms with Crippen LogP contribution in [-0.4, -0.2) is 70.2 Å². The lowest BCUT2D eigenvalue weighted by Crippen LogP contribution is -2.38. The van der Waals surface area contributed by atoms with Crippen molar-refractivity contribution in [2.75, 3.05) is 29.8 Å². The molecule has 33 heavy (non-hydrogen) atoms. The van der Waals surface area contributed by atoms with Crippen LogP contribution in [0.4, 0.5) is 11.4 Å². The van der Waals surface area contributed by atoms with Gasteiger partial charge in [-0.25, -0.2) is 13.1 Å². The number of aromatic nitrogens is 4. The molecule has 0 radical (unpaired) electrons. The number of sulfonamides is 1. The Morgan fingerprint density at radius 2 is 2.03 bits per heavy atom. The normalized spacial score (nSPS) is 16.8. The largest absolute Gasteiger partial charge is 0.495 e. The summed E-state index contributed by atoms with van der Waals surface area (Å²) in [5, 5.41) is 40.2. The van der Waals surface area contributed by atoms with Crippen LogP contribution in [0, 0.1) is 0 Å². The molecule has 0 saturated carbocycles. The van der Waals surface area contributed by atoms with E-state index in [1.54, 1.807) is 18.2 Å². The standard InChI is InChI=1S/C20H24N6O6S/c1-32-18-7-4-13(20(28)29)9-19(18)33(30,31)22-16-10-14(26-12-21-23-24-26)5-6-17(16)25-8-2-3-15(27)11-25/h4-7,9-10,12,15,20,22,27-29H,2-3,8,11H2,1H3/t15-/m1/s1. The van der Waals surface area contributed by atoms with Crippen LogP contribution in [0.5, 0.6) is 5.75 Å². The number of hydrogen-bond donors (Lipinski definition) is 4. The number of nitrogens with one attached hydrogen (secondary N) is 1. The van der Waals surface area contributed by atoms with Crippen LogP contribution >= 0.6 is 0 Å². The van der Waals surface area contributed by atoms with Crippen molar-refractivity contribution in [1.82, 2.24) is 20.2 Å². The number of tetrazole rings is 1. The number of benzene rings is 2. The summed E-state index contributed by atoms with van der Waals surface area (Å²) in [4.78, 5) is 1.65. The van der Waals surface area contributed by atoms with E-state index in [2.05, 4.69) is 20.2 Å². The summed E-state index contributed by atoms with van der Waals surface area (Å²) in [6.45, 7) is 1.000. The third kappa shape index (κ3) is 4.90. The van der Waals surface area contributed by atoms with Gasteiger partial charge in [0.05, 0.1) is 30.3 Å². The van der Waals surface area contributed by atoms with E-state index >= 15 is 0 Å². The molecule has 0 spiro atoms. The van der Waals surface area contributed by atoms with Crippen molar-refractivity contribution in [2.24, 2.45) is 0 Å². The number of piperidine rings is 1. The molecule has 1 aliphatic heterocycles. The van der Waals surface area contributed by atoms with E-state index in [-0.39, 0.29) is 21.9 Å². The molecule has 0 amide bonds. The van der Waals surface area contributed by atoms with Gasteiger partial charge in [0.15, 0.2) is 6.29 Å². The summed E-state index contributed by atoms with van der Waals surface area (Å²) in [6, 6.07) is 8.92. The van der Waals surface area contributed by atoms with Crippen molar-refractivity contribution in [3.8, 4) is 11.4 Å². The van der Waals surface area contributed by atoms with Crippen molar-refractivity contribution in [3.63, 3.8) is 0 Å². The second-order valence-corrected chi connectivity index (χ2v) is 9.24. The molecule has 176 valence electrons. The molecule has 2 aromatic carbocycles. The van der Waals surface area contributed by atoms with E-state index in [1.165, 1.54) is 30.3 Å². The van der Waals surface area contributed by atoms with Crippen LogP contribution < -0.4 is 14.4 Å². The number of nitrogens with zero attached hydrogens (tertiary/aromatic N) is 5. The Labute approximate surface area is 190 Å². The molecule has 1 aromatic heterocycles. The first-order valence-corrected chi connectivity index (χ1v) is 11.6. The van der Waals surface area contributed by atoms with Crippen molar-refractivity contribution in [1.29, 1.82) is 0 Å². The zero-order chi connectivity index (χ0) is 23.6. The van der Waals surface area contributed by atoms with Gasteiger partial charge in [-0.2, -0.15) is 0 Å². The third-order valence-corrected chi connectivity index (χ3v) is 6.74. The summed E-state index contributed by atoms with van der Waals surface area (Å²) >= 11 is 0. The second-order valence-electron chi connectivity index (χ2n) is 7.59. The van der Waals surface area contributed by atoms with Gasteiger partial charge >= 0.3 is 0 Å². The van der Waals surface area contributed by atoms with E-state index in [4.69, 9.17) is 4.74 Å². The van der Waals surface area contributed by atoms with Gasteiger partial charge in [-0.05, 0) is 53.6 Å². The number of anilines is 2. The minimum absolute atomic E-state index is 0.00186. The molecule has 0 bridgehead atoms. The average Bonchev–Trinajstić information content (AvgIpc) is 3.33. The van der Waals surface area contributed by atoms with E-state index < -0.39 is 22.4 Å². The lowest BCUT2D eigenvalue weighted by atomic mass is 10.1. The third-order valence-electron chi connectivity index (χ3n) is 5.35. The van der Waals surface area contributed by atoms with Gasteiger partial charge in [0.2, 0.25) is 0 Å². The highest BCUT2D eigenvalue weighted by atomic mass is 32.2. The van der Waals surface area contributed by atoms with Crippen LogP contribution in [0.2, 0.25) is 0 Å². The second kappa shape index (κ2) is 9.31. The Morgan fingerprint density at radius 1 is 1.21 bits per heavy atom. The maximum absolute atomic E-state index is 13.4. The van der Waals surface area contributed by atoms with Gasteiger partial charge in [0.1, 0.15) is 17.0 Å². The Balaban J connectivity index is 1.78. The van der Waals surface area contributed by atoms with Gasteiger partial charge in [0.25, 0.3) is 10.0 Å². The quantitative estimate of drug-likeness (QED) is 0.351. The van der Waals surface area contributed by atoms with E-state index in [9.17, 15) is 23.7 Å². The van der Waals surface area contributed by atoms with Crippen molar-refractivity contribution in [3.05, 3.63) is 48.3 Å². The summed E-state index contributed by atoms with van der Waals surface area (Å²) in [6.07, 6.45) is 0.441. The van der Waals surface area contributed by atoms with Crippen LogP contribution in [-0.2, 0) is 10.0 Å². The first kappa shape index (κ1) is 22.9. The van der Waals surface area contributed by atoms with Crippen LogP contribution in [0.15, 0.2) is 47.6 Å². The molecule has 2 heterocycles. The van der Waals surface area contributed by atoms with Crippen LogP contribution in [0.3, 0.4) is 0 Å². The maximum Gasteiger partial charge on any atom is 0.265 e. The molecule has 12 nitrogen and oxygen atoms in total. The van der Waals surface area contributed by atoms with Gasteiger partial charge in [-0.15, -0.1) is 5.10 Å². The fraction of sp³-hybridized carbons (Fsp3) is 0.350. The first-order valence-electron chi connectivity index (χ1n) is 10.2. The van der Waals surface area contributed by atoms with Gasteiger partial charge in [0, 0.05) is 18.7 Å². The number of aliphatic hydroxyl groups excluding tert-OH is 2. The van der Waals surface area contributed by atoms with Gasteiger partial charge < -0.3 is 25.0 Å². The molecular weight excluding hydrogens is 452 g/mol.